The van der Waals surface area contributed by atoms with Crippen molar-refractivity contribution in [3.05, 3.63) is 29.8 Å². The van der Waals surface area contributed by atoms with Gasteiger partial charge in [-0.2, -0.15) is 0 Å². The van der Waals surface area contributed by atoms with Gasteiger partial charge in [-0.3, -0.25) is 4.79 Å². The molecule has 1 unspecified atom stereocenters. The van der Waals surface area contributed by atoms with Crippen LogP contribution in [0.25, 0.3) is 0 Å². The van der Waals surface area contributed by atoms with Crippen LogP contribution in [0.3, 0.4) is 0 Å². The molecule has 1 aromatic rings. The monoisotopic (exact) mass is 250 g/mol. The van der Waals surface area contributed by atoms with E-state index in [1.807, 2.05) is 14.1 Å². The molecule has 100 valence electrons. The van der Waals surface area contributed by atoms with Crippen LogP contribution in [0.4, 0.5) is 5.69 Å². The smallest absolute Gasteiger partial charge is 0.306 e. The quantitative estimate of drug-likeness (QED) is 0.784. The molecule has 0 aromatic heterocycles. The molecule has 0 fully saturated rings. The molecular formula is C14H22N2O2. The maximum absolute atomic E-state index is 11.0. The fourth-order valence-electron chi connectivity index (χ4n) is 1.67. The van der Waals surface area contributed by atoms with Gasteiger partial charge in [0.05, 0.1) is 13.5 Å². The van der Waals surface area contributed by atoms with E-state index in [9.17, 15) is 4.79 Å². The summed E-state index contributed by atoms with van der Waals surface area (Å²) in [6.45, 7) is 2.71. The molecule has 1 rings (SSSR count). The molecule has 0 aliphatic heterocycles. The number of hydrogen-bond donors (Lipinski definition) is 1. The number of carbonyl (C=O) groups excluding carboxylic acids is 1. The van der Waals surface area contributed by atoms with Crippen LogP contribution in [-0.4, -0.2) is 33.7 Å². The number of anilines is 1. The van der Waals surface area contributed by atoms with Crippen LogP contribution < -0.4 is 10.2 Å². The number of nitrogens with zero attached hydrogens (tertiary/aromatic N) is 1. The van der Waals surface area contributed by atoms with Crippen molar-refractivity contribution < 1.29 is 9.53 Å². The molecule has 0 aliphatic rings. The average molecular weight is 250 g/mol. The molecule has 1 atom stereocenters. The number of ether oxygens (including phenoxy) is 1. The summed E-state index contributed by atoms with van der Waals surface area (Å²) in [7, 11) is 5.45. The summed E-state index contributed by atoms with van der Waals surface area (Å²) in [5.74, 6) is -0.183. The fraction of sp³-hybridized carbons (Fsp3) is 0.500. The highest BCUT2D eigenvalue weighted by Crippen LogP contribution is 2.17. The molecule has 0 saturated carbocycles. The van der Waals surface area contributed by atoms with Crippen molar-refractivity contribution in [1.82, 2.24) is 5.32 Å². The highest BCUT2D eigenvalue weighted by atomic mass is 16.5. The third-order valence-corrected chi connectivity index (χ3v) is 2.92. The molecule has 0 bridgehead atoms. The molecule has 0 aliphatic carbocycles. The van der Waals surface area contributed by atoms with Crippen molar-refractivity contribution in [3.63, 3.8) is 0 Å². The first-order chi connectivity index (χ1) is 8.54. The van der Waals surface area contributed by atoms with E-state index in [0.29, 0.717) is 13.0 Å². The Labute approximate surface area is 109 Å². The maximum Gasteiger partial charge on any atom is 0.306 e. The summed E-state index contributed by atoms with van der Waals surface area (Å²) >= 11 is 0. The van der Waals surface area contributed by atoms with E-state index in [-0.39, 0.29) is 12.0 Å². The van der Waals surface area contributed by atoms with Crippen molar-refractivity contribution in [2.75, 3.05) is 32.6 Å². The molecule has 4 nitrogen and oxygen atoms in total. The summed E-state index contributed by atoms with van der Waals surface area (Å²) in [5, 5.41) is 3.30. The predicted molar refractivity (Wildman–Crippen MR) is 73.8 cm³/mol. The predicted octanol–water partition coefficient (Wildman–Crippen LogP) is 1.97. The number of carbonyl (C=O) groups is 1. The van der Waals surface area contributed by atoms with E-state index in [1.165, 1.54) is 18.4 Å². The lowest BCUT2D eigenvalue weighted by Gasteiger charge is -2.16. The number of methoxy groups -OCH3 is 1. The molecule has 4 heteroatoms. The maximum atomic E-state index is 11.0. The number of nitrogens with one attached hydrogen (secondary N) is 1. The van der Waals surface area contributed by atoms with Gasteiger partial charge in [-0.15, -0.1) is 0 Å². The first-order valence-corrected chi connectivity index (χ1v) is 6.12. The van der Waals surface area contributed by atoms with Gasteiger partial charge in [0.15, 0.2) is 0 Å². The lowest BCUT2D eigenvalue weighted by molar-refractivity contribution is -0.140. The summed E-state index contributed by atoms with van der Waals surface area (Å²) < 4.78 is 4.60. The molecule has 18 heavy (non-hydrogen) atoms. The van der Waals surface area contributed by atoms with Gasteiger partial charge in [0.25, 0.3) is 0 Å². The normalized spacial score (nSPS) is 12.0. The third-order valence-electron chi connectivity index (χ3n) is 2.92. The van der Waals surface area contributed by atoms with Gasteiger partial charge in [0, 0.05) is 32.4 Å². The van der Waals surface area contributed by atoms with E-state index in [4.69, 9.17) is 0 Å². The highest BCUT2D eigenvalue weighted by Gasteiger charge is 2.06. The van der Waals surface area contributed by atoms with E-state index in [2.05, 4.69) is 46.1 Å². The molecule has 0 heterocycles. The van der Waals surface area contributed by atoms with E-state index >= 15 is 0 Å². The first kappa shape index (κ1) is 14.5. The van der Waals surface area contributed by atoms with E-state index in [0.717, 1.165) is 0 Å². The van der Waals surface area contributed by atoms with Crippen molar-refractivity contribution in [1.29, 1.82) is 0 Å². The largest absolute Gasteiger partial charge is 0.469 e. The molecule has 1 aromatic carbocycles. The molecular weight excluding hydrogens is 228 g/mol. The molecule has 0 amide bonds. The van der Waals surface area contributed by atoms with Gasteiger partial charge in [-0.1, -0.05) is 12.1 Å². The van der Waals surface area contributed by atoms with E-state index < -0.39 is 0 Å². The minimum atomic E-state index is -0.183. The lowest BCUT2D eigenvalue weighted by Crippen LogP contribution is -2.22. The Morgan fingerprint density at radius 3 is 2.44 bits per heavy atom. The number of rotatable bonds is 6. The van der Waals surface area contributed by atoms with Crippen molar-refractivity contribution >= 4 is 11.7 Å². The van der Waals surface area contributed by atoms with Crippen LogP contribution in [0.1, 0.15) is 24.9 Å². The van der Waals surface area contributed by atoms with Crippen LogP contribution in [0, 0.1) is 0 Å². The van der Waals surface area contributed by atoms with Gasteiger partial charge in [-0.25, -0.2) is 0 Å². The topological polar surface area (TPSA) is 41.6 Å². The molecule has 0 saturated heterocycles. The van der Waals surface area contributed by atoms with Crippen LogP contribution in [0.5, 0.6) is 0 Å². The average Bonchev–Trinajstić information content (AvgIpc) is 2.38. The Hall–Kier alpha value is -1.55. The van der Waals surface area contributed by atoms with Crippen LogP contribution >= 0.6 is 0 Å². The van der Waals surface area contributed by atoms with Crippen LogP contribution in [0.2, 0.25) is 0 Å². The second-order valence-corrected chi connectivity index (χ2v) is 4.49. The summed E-state index contributed by atoms with van der Waals surface area (Å²) in [5.41, 5.74) is 2.39. The zero-order valence-electron chi connectivity index (χ0n) is 11.6. The SMILES string of the molecule is COC(=O)CCNC(C)c1ccc(N(C)C)cc1. The Morgan fingerprint density at radius 1 is 1.33 bits per heavy atom. The van der Waals surface area contributed by atoms with E-state index in [1.54, 1.807) is 0 Å². The third kappa shape index (κ3) is 4.37. The highest BCUT2D eigenvalue weighted by molar-refractivity contribution is 5.69. The minimum Gasteiger partial charge on any atom is -0.469 e. The fourth-order valence-corrected chi connectivity index (χ4v) is 1.67. The summed E-state index contributed by atoms with van der Waals surface area (Å²) in [6.07, 6.45) is 0.399. The number of benzene rings is 1. The van der Waals surface area contributed by atoms with Crippen molar-refractivity contribution in [2.45, 2.75) is 19.4 Å². The van der Waals surface area contributed by atoms with Crippen molar-refractivity contribution in [2.24, 2.45) is 0 Å². The summed E-state index contributed by atoms with van der Waals surface area (Å²) in [6, 6.07) is 8.61. The standard InChI is InChI=1S/C14H22N2O2/c1-11(15-10-9-14(17)18-4)12-5-7-13(8-6-12)16(2)3/h5-8,11,15H,9-10H2,1-4H3. The van der Waals surface area contributed by atoms with Gasteiger partial charge in [0.1, 0.15) is 0 Å². The summed E-state index contributed by atoms with van der Waals surface area (Å²) in [4.78, 5) is 13.1. The Morgan fingerprint density at radius 2 is 1.94 bits per heavy atom. The zero-order valence-corrected chi connectivity index (χ0v) is 11.6. The lowest BCUT2D eigenvalue weighted by atomic mass is 10.1. The van der Waals surface area contributed by atoms with Crippen LogP contribution in [0.15, 0.2) is 24.3 Å². The number of esters is 1. The zero-order chi connectivity index (χ0) is 13.5. The van der Waals surface area contributed by atoms with Gasteiger partial charge >= 0.3 is 5.97 Å². The number of hydrogen-bond acceptors (Lipinski definition) is 4. The molecule has 1 N–H and O–H groups in total. The Balaban J connectivity index is 2.46. The van der Waals surface area contributed by atoms with Gasteiger partial charge in [0.2, 0.25) is 0 Å². The van der Waals surface area contributed by atoms with Crippen molar-refractivity contribution in [3.8, 4) is 0 Å². The molecule has 0 radical (unpaired) electrons. The first-order valence-electron chi connectivity index (χ1n) is 6.12. The minimum absolute atomic E-state index is 0.183. The van der Waals surface area contributed by atoms with Gasteiger partial charge in [-0.05, 0) is 24.6 Å². The van der Waals surface area contributed by atoms with Crippen LogP contribution in [-0.2, 0) is 9.53 Å². The van der Waals surface area contributed by atoms with Gasteiger partial charge < -0.3 is 15.0 Å². The Kier molecular flexibility index (Phi) is 5.65. The molecule has 0 spiro atoms. The second kappa shape index (κ2) is 7.01. The Bertz CT molecular complexity index is 374. The second-order valence-electron chi connectivity index (χ2n) is 4.49.